The number of nitrogens with two attached hydrogens (primary N) is 1. The minimum absolute atomic E-state index is 0.604. The summed E-state index contributed by atoms with van der Waals surface area (Å²) in [6.07, 6.45) is 13.9. The van der Waals surface area contributed by atoms with Crippen molar-refractivity contribution in [3.63, 3.8) is 0 Å². The summed E-state index contributed by atoms with van der Waals surface area (Å²) in [4.78, 5) is 2.75. The maximum Gasteiger partial charge on any atom is 0.203 e. The molecular formula is C15H26N4S. The van der Waals surface area contributed by atoms with Gasteiger partial charge in [0.25, 0.3) is 0 Å². The lowest BCUT2D eigenvalue weighted by Gasteiger charge is -2.41. The molecular weight excluding hydrogens is 268 g/mol. The minimum atomic E-state index is 0.604. The van der Waals surface area contributed by atoms with E-state index in [9.17, 15) is 0 Å². The predicted octanol–water partition coefficient (Wildman–Crippen LogP) is 3.59. The Bertz CT molecular complexity index is 390. The molecule has 2 saturated carbocycles. The molecule has 1 heterocycles. The van der Waals surface area contributed by atoms with Gasteiger partial charge in [0, 0.05) is 12.1 Å². The van der Waals surface area contributed by atoms with Crippen LogP contribution in [0.5, 0.6) is 0 Å². The SMILES string of the molecule is Nc1nnc(CN(C2CCCCC2)C2CCCCC2)s1. The van der Waals surface area contributed by atoms with Gasteiger partial charge in [-0.25, -0.2) is 0 Å². The number of nitrogens with zero attached hydrogens (tertiary/aromatic N) is 3. The van der Waals surface area contributed by atoms with E-state index < -0.39 is 0 Å². The highest BCUT2D eigenvalue weighted by Crippen LogP contribution is 2.31. The lowest BCUT2D eigenvalue weighted by Crippen LogP contribution is -2.44. The zero-order valence-electron chi connectivity index (χ0n) is 12.3. The van der Waals surface area contributed by atoms with Crippen LogP contribution in [-0.2, 0) is 6.54 Å². The second-order valence-corrected chi connectivity index (χ2v) is 7.38. The van der Waals surface area contributed by atoms with Crippen LogP contribution in [0.15, 0.2) is 0 Å². The van der Waals surface area contributed by atoms with Crippen LogP contribution in [0.3, 0.4) is 0 Å². The predicted molar refractivity (Wildman–Crippen MR) is 83.6 cm³/mol. The lowest BCUT2D eigenvalue weighted by molar-refractivity contribution is 0.0728. The van der Waals surface area contributed by atoms with Crippen LogP contribution < -0.4 is 5.73 Å². The van der Waals surface area contributed by atoms with Crippen molar-refractivity contribution >= 4 is 16.5 Å². The molecule has 0 bridgehead atoms. The van der Waals surface area contributed by atoms with Crippen molar-refractivity contribution in [3.8, 4) is 0 Å². The summed E-state index contributed by atoms with van der Waals surface area (Å²) in [6, 6.07) is 1.52. The summed E-state index contributed by atoms with van der Waals surface area (Å²) >= 11 is 1.56. The molecule has 2 N–H and O–H groups in total. The van der Waals surface area contributed by atoms with Crippen molar-refractivity contribution in [3.05, 3.63) is 5.01 Å². The van der Waals surface area contributed by atoms with E-state index in [2.05, 4.69) is 15.1 Å². The molecule has 3 rings (SSSR count). The summed E-state index contributed by atoms with van der Waals surface area (Å²) in [6.45, 7) is 0.962. The van der Waals surface area contributed by atoms with Crippen LogP contribution in [0.25, 0.3) is 0 Å². The van der Waals surface area contributed by atoms with Gasteiger partial charge in [-0.15, -0.1) is 10.2 Å². The average molecular weight is 294 g/mol. The molecule has 0 spiro atoms. The maximum absolute atomic E-state index is 5.74. The molecule has 0 amide bonds. The number of anilines is 1. The van der Waals surface area contributed by atoms with Gasteiger partial charge in [-0.05, 0) is 25.7 Å². The third-order valence-electron chi connectivity index (χ3n) is 4.89. The first kappa shape index (κ1) is 14.3. The topological polar surface area (TPSA) is 55.0 Å². The summed E-state index contributed by atoms with van der Waals surface area (Å²) in [7, 11) is 0. The Morgan fingerprint density at radius 3 is 1.90 bits per heavy atom. The Labute approximate surface area is 125 Å². The first-order chi connectivity index (χ1) is 9.83. The fraction of sp³-hybridized carbons (Fsp3) is 0.867. The molecule has 1 aromatic rings. The van der Waals surface area contributed by atoms with E-state index in [0.29, 0.717) is 5.13 Å². The number of nitrogen functional groups attached to an aromatic ring is 1. The summed E-state index contributed by atoms with van der Waals surface area (Å²) in [5, 5.41) is 9.93. The van der Waals surface area contributed by atoms with Crippen LogP contribution in [-0.4, -0.2) is 27.2 Å². The van der Waals surface area contributed by atoms with Crippen molar-refractivity contribution in [2.45, 2.75) is 82.8 Å². The lowest BCUT2D eigenvalue weighted by atomic mass is 9.88. The van der Waals surface area contributed by atoms with E-state index in [1.54, 1.807) is 11.3 Å². The molecule has 0 radical (unpaired) electrons. The zero-order chi connectivity index (χ0) is 13.8. The van der Waals surface area contributed by atoms with E-state index in [4.69, 9.17) is 5.73 Å². The summed E-state index contributed by atoms with van der Waals surface area (Å²) in [5.74, 6) is 0. The molecule has 0 unspecified atom stereocenters. The monoisotopic (exact) mass is 294 g/mol. The van der Waals surface area contributed by atoms with E-state index in [1.807, 2.05) is 0 Å². The number of aromatic nitrogens is 2. The normalized spacial score (nSPS) is 22.4. The third-order valence-corrected chi connectivity index (χ3v) is 5.62. The Kier molecular flexibility index (Phi) is 4.89. The molecule has 2 aliphatic carbocycles. The first-order valence-electron chi connectivity index (χ1n) is 8.16. The Balaban J connectivity index is 1.71. The van der Waals surface area contributed by atoms with Gasteiger partial charge in [0.15, 0.2) is 0 Å². The van der Waals surface area contributed by atoms with Crippen molar-refractivity contribution < 1.29 is 0 Å². The van der Waals surface area contributed by atoms with Crippen LogP contribution in [0.1, 0.15) is 69.2 Å². The molecule has 4 nitrogen and oxygen atoms in total. The fourth-order valence-electron chi connectivity index (χ4n) is 3.87. The average Bonchev–Trinajstić information content (AvgIpc) is 2.92. The number of rotatable bonds is 4. The number of hydrogen-bond acceptors (Lipinski definition) is 5. The Hall–Kier alpha value is -0.680. The molecule has 0 saturated heterocycles. The number of hydrogen-bond donors (Lipinski definition) is 1. The molecule has 0 aromatic carbocycles. The molecule has 5 heteroatoms. The molecule has 2 aliphatic rings. The van der Waals surface area contributed by atoms with Crippen molar-refractivity contribution in [1.82, 2.24) is 15.1 Å². The standard InChI is InChI=1S/C15H26N4S/c16-15-18-17-14(20-15)11-19(12-7-3-1-4-8-12)13-9-5-2-6-10-13/h12-13H,1-11H2,(H2,16,18). The summed E-state index contributed by atoms with van der Waals surface area (Å²) < 4.78 is 0. The second kappa shape index (κ2) is 6.85. The van der Waals surface area contributed by atoms with Crippen LogP contribution in [0, 0.1) is 0 Å². The zero-order valence-corrected chi connectivity index (χ0v) is 13.1. The van der Waals surface area contributed by atoms with E-state index in [-0.39, 0.29) is 0 Å². The van der Waals surface area contributed by atoms with E-state index >= 15 is 0 Å². The van der Waals surface area contributed by atoms with Crippen LogP contribution >= 0.6 is 11.3 Å². The van der Waals surface area contributed by atoms with E-state index in [1.165, 1.54) is 64.2 Å². The molecule has 0 atom stereocenters. The van der Waals surface area contributed by atoms with Crippen LogP contribution in [0.2, 0.25) is 0 Å². The van der Waals surface area contributed by atoms with Crippen molar-refractivity contribution in [2.75, 3.05) is 5.73 Å². The second-order valence-electron chi connectivity index (χ2n) is 6.29. The van der Waals surface area contributed by atoms with E-state index in [0.717, 1.165) is 23.6 Å². The highest BCUT2D eigenvalue weighted by atomic mass is 32.1. The Morgan fingerprint density at radius 2 is 1.45 bits per heavy atom. The summed E-state index contributed by atoms with van der Waals surface area (Å²) in [5.41, 5.74) is 5.74. The van der Waals surface area contributed by atoms with Gasteiger partial charge < -0.3 is 5.73 Å². The van der Waals surface area contributed by atoms with Gasteiger partial charge in [-0.2, -0.15) is 0 Å². The third kappa shape index (κ3) is 3.50. The smallest absolute Gasteiger partial charge is 0.203 e. The fourth-order valence-corrected chi connectivity index (χ4v) is 4.49. The molecule has 112 valence electrons. The molecule has 1 aromatic heterocycles. The van der Waals surface area contributed by atoms with Crippen molar-refractivity contribution in [2.24, 2.45) is 0 Å². The molecule has 20 heavy (non-hydrogen) atoms. The van der Waals surface area contributed by atoms with Gasteiger partial charge in [0.2, 0.25) is 5.13 Å². The van der Waals surface area contributed by atoms with Crippen molar-refractivity contribution in [1.29, 1.82) is 0 Å². The first-order valence-corrected chi connectivity index (χ1v) is 8.98. The van der Waals surface area contributed by atoms with Gasteiger partial charge in [0.05, 0.1) is 6.54 Å². The van der Waals surface area contributed by atoms with Gasteiger partial charge >= 0.3 is 0 Å². The van der Waals surface area contributed by atoms with Gasteiger partial charge in [-0.3, -0.25) is 4.90 Å². The largest absolute Gasteiger partial charge is 0.374 e. The Morgan fingerprint density at radius 1 is 0.900 bits per heavy atom. The van der Waals surface area contributed by atoms with Crippen LogP contribution in [0.4, 0.5) is 5.13 Å². The van der Waals surface area contributed by atoms with Gasteiger partial charge in [0.1, 0.15) is 5.01 Å². The quantitative estimate of drug-likeness (QED) is 0.922. The molecule has 0 aliphatic heterocycles. The highest BCUT2D eigenvalue weighted by Gasteiger charge is 2.29. The maximum atomic E-state index is 5.74. The molecule has 2 fully saturated rings. The highest BCUT2D eigenvalue weighted by molar-refractivity contribution is 7.15. The minimum Gasteiger partial charge on any atom is -0.374 e. The van der Waals surface area contributed by atoms with Gasteiger partial charge in [-0.1, -0.05) is 49.9 Å².